The zero-order chi connectivity index (χ0) is 22.4. The Kier molecular flexibility index (Phi) is 10.6. The largest absolute Gasteiger partial charge is 0.493 e. The summed E-state index contributed by atoms with van der Waals surface area (Å²) < 4.78 is 17.0. The second-order valence-electron chi connectivity index (χ2n) is 8.23. The van der Waals surface area contributed by atoms with E-state index in [9.17, 15) is 5.11 Å². The summed E-state index contributed by atoms with van der Waals surface area (Å²) >= 11 is 0. The van der Waals surface area contributed by atoms with E-state index in [1.807, 2.05) is 30.3 Å². The van der Waals surface area contributed by atoms with Crippen molar-refractivity contribution in [1.82, 2.24) is 15.2 Å². The number of nitrogens with zero attached hydrogens (tertiary/aromatic N) is 2. The van der Waals surface area contributed by atoms with Crippen molar-refractivity contribution in [2.45, 2.75) is 44.8 Å². The van der Waals surface area contributed by atoms with E-state index in [0.717, 1.165) is 30.9 Å². The zero-order valence-electron chi connectivity index (χ0n) is 19.2. The molecule has 2 N–H and O–H groups in total. The number of ether oxygens (including phenoxy) is 3. The van der Waals surface area contributed by atoms with Gasteiger partial charge in [-0.15, -0.1) is 0 Å². The molecule has 7 nitrogen and oxygen atoms in total. The number of likely N-dealkylation sites (tertiary alicyclic amines) is 1. The summed E-state index contributed by atoms with van der Waals surface area (Å²) in [5.41, 5.74) is 1.09. The molecular formula is C25H37N3O4. The Morgan fingerprint density at radius 2 is 1.88 bits per heavy atom. The van der Waals surface area contributed by atoms with Crippen LogP contribution in [0.5, 0.6) is 17.2 Å². The first-order valence-electron chi connectivity index (χ1n) is 11.7. The van der Waals surface area contributed by atoms with Crippen LogP contribution in [0.2, 0.25) is 0 Å². The van der Waals surface area contributed by atoms with Crippen molar-refractivity contribution in [2.75, 3.05) is 46.5 Å². The van der Waals surface area contributed by atoms with Crippen LogP contribution in [0.4, 0.5) is 0 Å². The smallest absolute Gasteiger partial charge is 0.161 e. The molecule has 1 atom stereocenters. The van der Waals surface area contributed by atoms with E-state index in [1.54, 1.807) is 19.5 Å². The number of rotatable bonds is 12. The third-order valence-corrected chi connectivity index (χ3v) is 5.59. The third kappa shape index (κ3) is 8.65. The van der Waals surface area contributed by atoms with Gasteiger partial charge in [0.15, 0.2) is 11.5 Å². The molecule has 0 bridgehead atoms. The van der Waals surface area contributed by atoms with E-state index >= 15 is 0 Å². The van der Waals surface area contributed by atoms with Crippen molar-refractivity contribution in [3.8, 4) is 17.2 Å². The van der Waals surface area contributed by atoms with E-state index in [2.05, 4.69) is 15.2 Å². The van der Waals surface area contributed by atoms with Crippen LogP contribution in [0.15, 0.2) is 42.7 Å². The van der Waals surface area contributed by atoms with Gasteiger partial charge in [-0.2, -0.15) is 0 Å². The van der Waals surface area contributed by atoms with Gasteiger partial charge in [0.05, 0.1) is 13.3 Å². The molecule has 2 aromatic rings. The van der Waals surface area contributed by atoms with Crippen LogP contribution >= 0.6 is 0 Å². The minimum absolute atomic E-state index is 0.260. The number of methoxy groups -OCH3 is 1. The molecule has 1 aromatic heterocycles. The molecule has 0 radical (unpaired) electrons. The van der Waals surface area contributed by atoms with Crippen molar-refractivity contribution in [3.05, 3.63) is 48.3 Å². The van der Waals surface area contributed by atoms with Gasteiger partial charge in [-0.3, -0.25) is 4.98 Å². The molecule has 0 aliphatic carbocycles. The molecule has 1 saturated heterocycles. The normalized spacial score (nSPS) is 16.1. The quantitative estimate of drug-likeness (QED) is 0.488. The van der Waals surface area contributed by atoms with Crippen LogP contribution in [-0.4, -0.2) is 67.6 Å². The van der Waals surface area contributed by atoms with Crippen molar-refractivity contribution < 1.29 is 19.3 Å². The SMILES string of the molecule is COc1cc(CNCCOc2cccnc2)ccc1OC[C@@H](O)CN1CCCCCCC1. The highest BCUT2D eigenvalue weighted by Gasteiger charge is 2.15. The molecule has 3 rings (SSSR count). The number of benzene rings is 1. The fourth-order valence-electron chi connectivity index (χ4n) is 3.88. The van der Waals surface area contributed by atoms with Gasteiger partial charge in [0, 0.05) is 25.8 Å². The molecule has 0 unspecified atom stereocenters. The van der Waals surface area contributed by atoms with Crippen LogP contribution < -0.4 is 19.5 Å². The maximum absolute atomic E-state index is 10.5. The predicted molar refractivity (Wildman–Crippen MR) is 125 cm³/mol. The first kappa shape index (κ1) is 24.3. The number of aliphatic hydroxyl groups is 1. The van der Waals surface area contributed by atoms with Gasteiger partial charge in [-0.05, 0) is 55.8 Å². The average Bonchev–Trinajstić information content (AvgIpc) is 2.80. The number of nitrogens with one attached hydrogen (secondary N) is 1. The van der Waals surface area contributed by atoms with E-state index in [-0.39, 0.29) is 6.61 Å². The van der Waals surface area contributed by atoms with Crippen molar-refractivity contribution in [1.29, 1.82) is 0 Å². The predicted octanol–water partition coefficient (Wildman–Crippen LogP) is 3.26. The van der Waals surface area contributed by atoms with E-state index in [0.29, 0.717) is 31.2 Å². The van der Waals surface area contributed by atoms with Crippen LogP contribution in [0.1, 0.15) is 37.7 Å². The molecular weight excluding hydrogens is 406 g/mol. The molecule has 1 aromatic carbocycles. The zero-order valence-corrected chi connectivity index (χ0v) is 19.2. The van der Waals surface area contributed by atoms with Crippen molar-refractivity contribution >= 4 is 0 Å². The number of aromatic nitrogens is 1. The highest BCUT2D eigenvalue weighted by molar-refractivity contribution is 5.43. The van der Waals surface area contributed by atoms with Crippen LogP contribution in [0.3, 0.4) is 0 Å². The summed E-state index contributed by atoms with van der Waals surface area (Å²) in [6.07, 6.45) is 9.26. The Bertz CT molecular complexity index is 767. The summed E-state index contributed by atoms with van der Waals surface area (Å²) in [5, 5.41) is 13.8. The first-order chi connectivity index (χ1) is 15.7. The second kappa shape index (κ2) is 13.9. The number of hydrogen-bond donors (Lipinski definition) is 2. The molecule has 1 aliphatic rings. The van der Waals surface area contributed by atoms with Gasteiger partial charge in [-0.25, -0.2) is 0 Å². The summed E-state index contributed by atoms with van der Waals surface area (Å²) in [7, 11) is 1.64. The topological polar surface area (TPSA) is 76.1 Å². The van der Waals surface area contributed by atoms with Crippen LogP contribution in [0.25, 0.3) is 0 Å². The monoisotopic (exact) mass is 443 g/mol. The maximum atomic E-state index is 10.5. The van der Waals surface area contributed by atoms with E-state index in [4.69, 9.17) is 14.2 Å². The highest BCUT2D eigenvalue weighted by atomic mass is 16.5. The minimum atomic E-state index is -0.514. The Labute approximate surface area is 191 Å². The summed E-state index contributed by atoms with van der Waals surface area (Å²) in [6.45, 7) is 5.04. The van der Waals surface area contributed by atoms with Crippen molar-refractivity contribution in [3.63, 3.8) is 0 Å². The van der Waals surface area contributed by atoms with E-state index in [1.165, 1.54) is 32.1 Å². The summed E-state index contributed by atoms with van der Waals surface area (Å²) in [6, 6.07) is 9.63. The first-order valence-corrected chi connectivity index (χ1v) is 11.7. The van der Waals surface area contributed by atoms with Gasteiger partial charge < -0.3 is 29.5 Å². The maximum Gasteiger partial charge on any atom is 0.161 e. The lowest BCUT2D eigenvalue weighted by Crippen LogP contribution is -2.37. The average molecular weight is 444 g/mol. The second-order valence-corrected chi connectivity index (χ2v) is 8.23. The minimum Gasteiger partial charge on any atom is -0.493 e. The molecule has 1 fully saturated rings. The standard InChI is InChI=1S/C25H37N3O4/c1-30-25-16-21(17-27-12-15-31-23-8-7-11-26-18-23)9-10-24(25)32-20-22(29)19-28-13-5-3-2-4-6-14-28/h7-11,16,18,22,27,29H,2-6,12-15,17,19-20H2,1H3/t22-/m0/s1. The van der Waals surface area contributed by atoms with Crippen molar-refractivity contribution in [2.24, 2.45) is 0 Å². The molecule has 0 amide bonds. The number of pyridine rings is 1. The van der Waals surface area contributed by atoms with Gasteiger partial charge in [-0.1, -0.05) is 25.3 Å². The Morgan fingerprint density at radius 1 is 1.06 bits per heavy atom. The number of hydrogen-bond acceptors (Lipinski definition) is 7. The lowest BCUT2D eigenvalue weighted by atomic mass is 10.1. The van der Waals surface area contributed by atoms with Crippen LogP contribution in [-0.2, 0) is 6.54 Å². The fourth-order valence-corrected chi connectivity index (χ4v) is 3.88. The molecule has 176 valence electrons. The molecule has 2 heterocycles. The molecule has 7 heteroatoms. The third-order valence-electron chi connectivity index (χ3n) is 5.59. The number of β-amino-alcohol motifs (C(OH)–C–C–N with tert-alkyl or cyclic N) is 1. The Hall–Kier alpha value is -2.35. The van der Waals surface area contributed by atoms with Crippen LogP contribution in [0, 0.1) is 0 Å². The van der Waals surface area contributed by atoms with E-state index < -0.39 is 6.10 Å². The molecule has 0 saturated carbocycles. The molecule has 32 heavy (non-hydrogen) atoms. The summed E-state index contributed by atoms with van der Waals surface area (Å²) in [5.74, 6) is 2.10. The Morgan fingerprint density at radius 3 is 2.62 bits per heavy atom. The summed E-state index contributed by atoms with van der Waals surface area (Å²) in [4.78, 5) is 6.39. The highest BCUT2D eigenvalue weighted by Crippen LogP contribution is 2.28. The fraction of sp³-hybridized carbons (Fsp3) is 0.560. The van der Waals surface area contributed by atoms with Gasteiger partial charge >= 0.3 is 0 Å². The Balaban J connectivity index is 1.39. The van der Waals surface area contributed by atoms with Gasteiger partial charge in [0.25, 0.3) is 0 Å². The molecule has 1 aliphatic heterocycles. The lowest BCUT2D eigenvalue weighted by molar-refractivity contribution is 0.0645. The van der Waals surface area contributed by atoms with Gasteiger partial charge in [0.1, 0.15) is 25.1 Å². The lowest BCUT2D eigenvalue weighted by Gasteiger charge is -2.26. The molecule has 0 spiro atoms. The number of aliphatic hydroxyl groups excluding tert-OH is 1. The van der Waals surface area contributed by atoms with Gasteiger partial charge in [0.2, 0.25) is 0 Å².